The topological polar surface area (TPSA) is 88.1 Å². The SMILES string of the molecule is CCCCOC(C)(Cc1ccc(OCCC2(Cc3ccc(-c4ccccc4)cc3)CNC(=O)N2C)cc1)C(=O)O. The summed E-state index contributed by atoms with van der Waals surface area (Å²) in [7, 11) is 1.84. The number of likely N-dealkylation sites (N-methyl/N-ethyl adjacent to an activating group) is 1. The first-order valence-electron chi connectivity index (χ1n) is 14.0. The Hall–Kier alpha value is -3.84. The minimum Gasteiger partial charge on any atom is -0.494 e. The van der Waals surface area contributed by atoms with Gasteiger partial charge in [0.2, 0.25) is 0 Å². The van der Waals surface area contributed by atoms with Gasteiger partial charge in [0.1, 0.15) is 5.75 Å². The second-order valence-electron chi connectivity index (χ2n) is 10.8. The van der Waals surface area contributed by atoms with Gasteiger partial charge in [-0.15, -0.1) is 0 Å². The van der Waals surface area contributed by atoms with Crippen molar-refractivity contribution in [3.63, 3.8) is 0 Å². The van der Waals surface area contributed by atoms with Crippen molar-refractivity contribution in [2.45, 2.75) is 57.1 Å². The lowest BCUT2D eigenvalue weighted by Crippen LogP contribution is -2.47. The van der Waals surface area contributed by atoms with Crippen molar-refractivity contribution in [3.8, 4) is 16.9 Å². The van der Waals surface area contributed by atoms with Crippen LogP contribution >= 0.6 is 0 Å². The highest BCUT2D eigenvalue weighted by Gasteiger charge is 2.43. The average Bonchev–Trinajstić information content (AvgIpc) is 3.23. The molecule has 40 heavy (non-hydrogen) atoms. The summed E-state index contributed by atoms with van der Waals surface area (Å²) < 4.78 is 11.8. The molecule has 1 heterocycles. The fraction of sp³-hybridized carbons (Fsp3) is 0.394. The number of benzene rings is 3. The number of nitrogens with zero attached hydrogens (tertiary/aromatic N) is 1. The van der Waals surface area contributed by atoms with Gasteiger partial charge >= 0.3 is 12.0 Å². The molecule has 0 bridgehead atoms. The van der Waals surface area contributed by atoms with Crippen LogP contribution in [0.25, 0.3) is 11.1 Å². The number of ether oxygens (including phenoxy) is 2. The molecule has 0 saturated carbocycles. The molecule has 7 nitrogen and oxygen atoms in total. The summed E-state index contributed by atoms with van der Waals surface area (Å²) in [5.41, 5.74) is 2.70. The van der Waals surface area contributed by atoms with Gasteiger partial charge in [0.05, 0.1) is 12.1 Å². The van der Waals surface area contributed by atoms with E-state index in [9.17, 15) is 14.7 Å². The molecule has 1 aliphatic rings. The Kier molecular flexibility index (Phi) is 9.48. The Balaban J connectivity index is 1.37. The number of amides is 2. The van der Waals surface area contributed by atoms with Crippen LogP contribution in [0.15, 0.2) is 78.9 Å². The van der Waals surface area contributed by atoms with Crippen LogP contribution in [-0.2, 0) is 22.4 Å². The standard InChI is InChI=1S/C33H40N2O5/c1-4-5-20-40-32(2,30(36)37)22-25-13-17-29(18-14-25)39-21-19-33(24-34-31(38)35(33)3)23-26-11-15-28(16-12-26)27-9-7-6-8-10-27/h6-18H,4-5,19-24H2,1-3H3,(H,34,38)(H,36,37). The Morgan fingerprint density at radius 3 is 2.23 bits per heavy atom. The lowest BCUT2D eigenvalue weighted by atomic mass is 9.87. The van der Waals surface area contributed by atoms with Gasteiger partial charge in [-0.2, -0.15) is 0 Å². The van der Waals surface area contributed by atoms with Crippen LogP contribution in [0.4, 0.5) is 4.79 Å². The lowest BCUT2D eigenvalue weighted by Gasteiger charge is -2.35. The van der Waals surface area contributed by atoms with Crippen molar-refractivity contribution in [3.05, 3.63) is 90.0 Å². The zero-order valence-electron chi connectivity index (χ0n) is 23.7. The summed E-state index contributed by atoms with van der Waals surface area (Å²) in [6, 6.07) is 26.2. The molecule has 3 aromatic carbocycles. The first-order valence-corrected chi connectivity index (χ1v) is 14.0. The number of hydrogen-bond donors (Lipinski definition) is 2. The van der Waals surface area contributed by atoms with Crippen LogP contribution in [0.1, 0.15) is 44.2 Å². The Bertz CT molecular complexity index is 1260. The molecule has 2 unspecified atom stereocenters. The minimum absolute atomic E-state index is 0.0760. The fourth-order valence-electron chi connectivity index (χ4n) is 5.13. The molecule has 2 amide bonds. The number of carboxylic acid groups (broad SMARTS) is 1. The predicted molar refractivity (Wildman–Crippen MR) is 157 cm³/mol. The number of hydrogen-bond acceptors (Lipinski definition) is 4. The van der Waals surface area contributed by atoms with Crippen molar-refractivity contribution in [1.82, 2.24) is 10.2 Å². The van der Waals surface area contributed by atoms with Crippen LogP contribution in [0.3, 0.4) is 0 Å². The average molecular weight is 545 g/mol. The van der Waals surface area contributed by atoms with E-state index in [1.165, 1.54) is 5.56 Å². The van der Waals surface area contributed by atoms with Gasteiger partial charge in [-0.3, -0.25) is 0 Å². The molecular formula is C33H40N2O5. The molecule has 2 atom stereocenters. The van der Waals surface area contributed by atoms with Crippen molar-refractivity contribution in [2.75, 3.05) is 26.8 Å². The first-order chi connectivity index (χ1) is 19.2. The van der Waals surface area contributed by atoms with E-state index in [2.05, 4.69) is 41.7 Å². The summed E-state index contributed by atoms with van der Waals surface area (Å²) in [6.07, 6.45) is 3.42. The van der Waals surface area contributed by atoms with E-state index < -0.39 is 17.1 Å². The second kappa shape index (κ2) is 13.0. The molecular weight excluding hydrogens is 504 g/mol. The number of nitrogens with one attached hydrogen (secondary N) is 1. The fourth-order valence-corrected chi connectivity index (χ4v) is 5.13. The first kappa shape index (κ1) is 29.2. The minimum atomic E-state index is -1.27. The molecule has 1 aliphatic heterocycles. The number of carboxylic acids is 1. The van der Waals surface area contributed by atoms with Crippen LogP contribution in [0.5, 0.6) is 5.75 Å². The third-order valence-electron chi connectivity index (χ3n) is 7.85. The van der Waals surface area contributed by atoms with Crippen LogP contribution < -0.4 is 10.1 Å². The Morgan fingerprint density at radius 2 is 1.62 bits per heavy atom. The maximum atomic E-state index is 12.5. The van der Waals surface area contributed by atoms with Crippen LogP contribution in [0.2, 0.25) is 0 Å². The zero-order chi connectivity index (χ0) is 28.6. The van der Waals surface area contributed by atoms with Crippen LogP contribution in [0, 0.1) is 0 Å². The van der Waals surface area contributed by atoms with Crippen molar-refractivity contribution in [2.24, 2.45) is 0 Å². The molecule has 1 fully saturated rings. The van der Waals surface area contributed by atoms with Gasteiger partial charge in [-0.05, 0) is 54.2 Å². The highest BCUT2D eigenvalue weighted by Crippen LogP contribution is 2.30. The van der Waals surface area contributed by atoms with Crippen molar-refractivity contribution >= 4 is 12.0 Å². The zero-order valence-corrected chi connectivity index (χ0v) is 23.7. The van der Waals surface area contributed by atoms with Crippen molar-refractivity contribution in [1.29, 1.82) is 0 Å². The van der Waals surface area contributed by atoms with Gasteiger partial charge in [-0.25, -0.2) is 9.59 Å². The summed E-state index contributed by atoms with van der Waals surface area (Å²) >= 11 is 0. The number of unbranched alkanes of at least 4 members (excludes halogenated alkanes) is 1. The Morgan fingerprint density at radius 1 is 0.975 bits per heavy atom. The number of rotatable bonds is 14. The van der Waals surface area contributed by atoms with Crippen LogP contribution in [-0.4, -0.2) is 60.0 Å². The molecule has 0 spiro atoms. The van der Waals surface area contributed by atoms with Gasteiger partial charge < -0.3 is 24.8 Å². The van der Waals surface area contributed by atoms with E-state index in [4.69, 9.17) is 9.47 Å². The third-order valence-corrected chi connectivity index (χ3v) is 7.85. The quantitative estimate of drug-likeness (QED) is 0.245. The maximum absolute atomic E-state index is 12.5. The van der Waals surface area contributed by atoms with Gasteiger partial charge in [0.15, 0.2) is 5.60 Å². The molecule has 4 rings (SSSR count). The lowest BCUT2D eigenvalue weighted by molar-refractivity contribution is -0.163. The number of aliphatic carboxylic acids is 1. The summed E-state index contributed by atoms with van der Waals surface area (Å²) in [5, 5.41) is 12.7. The number of urea groups is 1. The maximum Gasteiger partial charge on any atom is 0.336 e. The third kappa shape index (κ3) is 7.02. The van der Waals surface area contributed by atoms with E-state index in [-0.39, 0.29) is 12.5 Å². The smallest absolute Gasteiger partial charge is 0.336 e. The number of carbonyl (C=O) groups excluding carboxylic acids is 1. The van der Waals surface area contributed by atoms with E-state index in [1.807, 2.05) is 56.4 Å². The molecule has 0 aromatic heterocycles. The molecule has 7 heteroatoms. The summed E-state index contributed by atoms with van der Waals surface area (Å²) in [5.74, 6) is -0.261. The molecule has 2 N–H and O–H groups in total. The predicted octanol–water partition coefficient (Wildman–Crippen LogP) is 5.96. The van der Waals surface area contributed by atoms with Gasteiger partial charge in [0.25, 0.3) is 0 Å². The largest absolute Gasteiger partial charge is 0.494 e. The van der Waals surface area contributed by atoms with E-state index >= 15 is 0 Å². The van der Waals surface area contributed by atoms with E-state index in [0.29, 0.717) is 38.3 Å². The molecule has 3 aromatic rings. The van der Waals surface area contributed by atoms with Crippen molar-refractivity contribution < 1.29 is 24.2 Å². The molecule has 0 aliphatic carbocycles. The highest BCUT2D eigenvalue weighted by molar-refractivity contribution is 5.78. The van der Waals surface area contributed by atoms with E-state index in [0.717, 1.165) is 29.5 Å². The summed E-state index contributed by atoms with van der Waals surface area (Å²) in [6.45, 7) is 5.08. The van der Waals surface area contributed by atoms with E-state index in [1.54, 1.807) is 11.8 Å². The Labute approximate surface area is 237 Å². The number of carbonyl (C=O) groups is 2. The van der Waals surface area contributed by atoms with Gasteiger partial charge in [0, 0.05) is 33.0 Å². The van der Waals surface area contributed by atoms with Gasteiger partial charge in [-0.1, -0.05) is 80.1 Å². The molecule has 1 saturated heterocycles. The monoisotopic (exact) mass is 544 g/mol. The molecule has 0 radical (unpaired) electrons. The normalized spacial score (nSPS) is 18.3. The second-order valence-corrected chi connectivity index (χ2v) is 10.8. The highest BCUT2D eigenvalue weighted by atomic mass is 16.5. The molecule has 212 valence electrons. The summed E-state index contributed by atoms with van der Waals surface area (Å²) in [4.78, 5) is 26.1.